The van der Waals surface area contributed by atoms with Crippen LogP contribution in [0.15, 0.2) is 11.6 Å². The molecule has 2 rings (SSSR count). The van der Waals surface area contributed by atoms with E-state index in [2.05, 4.69) is 0 Å². The van der Waals surface area contributed by atoms with Crippen LogP contribution in [0.1, 0.15) is 39.0 Å². The summed E-state index contributed by atoms with van der Waals surface area (Å²) in [5, 5.41) is 10.3. The van der Waals surface area contributed by atoms with E-state index in [0.29, 0.717) is 6.42 Å². The van der Waals surface area contributed by atoms with Crippen molar-refractivity contribution in [1.29, 1.82) is 0 Å². The number of hydrogen-bond donors (Lipinski definition) is 1. The second kappa shape index (κ2) is 2.95. The van der Waals surface area contributed by atoms with Gasteiger partial charge in [0.15, 0.2) is 5.78 Å². The van der Waals surface area contributed by atoms with E-state index in [-0.39, 0.29) is 11.7 Å². The Morgan fingerprint density at radius 3 is 3.08 bits per heavy atom. The van der Waals surface area contributed by atoms with E-state index >= 15 is 0 Å². The third-order valence-electron chi connectivity index (χ3n) is 3.33. The minimum Gasteiger partial charge on any atom is -0.385 e. The van der Waals surface area contributed by atoms with Gasteiger partial charge in [-0.05, 0) is 43.8 Å². The van der Waals surface area contributed by atoms with Gasteiger partial charge in [-0.1, -0.05) is 6.92 Å². The zero-order valence-corrected chi connectivity index (χ0v) is 8.05. The van der Waals surface area contributed by atoms with Crippen molar-refractivity contribution in [2.75, 3.05) is 0 Å². The molecule has 0 saturated heterocycles. The molecule has 0 heterocycles. The molecule has 2 aliphatic rings. The predicted octanol–water partition coefficient (Wildman–Crippen LogP) is 1.83. The van der Waals surface area contributed by atoms with E-state index < -0.39 is 5.60 Å². The quantitative estimate of drug-likeness (QED) is 0.617. The van der Waals surface area contributed by atoms with Gasteiger partial charge < -0.3 is 5.11 Å². The molecule has 2 nitrogen and oxygen atoms in total. The zero-order valence-electron chi connectivity index (χ0n) is 8.05. The fraction of sp³-hybridized carbons (Fsp3) is 0.727. The van der Waals surface area contributed by atoms with Gasteiger partial charge in [0.25, 0.3) is 0 Å². The van der Waals surface area contributed by atoms with E-state index in [4.69, 9.17) is 0 Å². The van der Waals surface area contributed by atoms with Crippen LogP contribution in [0.25, 0.3) is 0 Å². The van der Waals surface area contributed by atoms with Crippen LogP contribution in [0.5, 0.6) is 0 Å². The summed E-state index contributed by atoms with van der Waals surface area (Å²) in [5.74, 6) is 0.202. The van der Waals surface area contributed by atoms with Crippen LogP contribution in [0.2, 0.25) is 0 Å². The molecule has 72 valence electrons. The Balaban J connectivity index is 2.31. The molecular weight excluding hydrogens is 164 g/mol. The first kappa shape index (κ1) is 8.95. The summed E-state index contributed by atoms with van der Waals surface area (Å²) < 4.78 is 0. The maximum Gasteiger partial charge on any atom is 0.158 e. The smallest absolute Gasteiger partial charge is 0.158 e. The zero-order chi connectivity index (χ0) is 9.47. The second-order valence-corrected chi connectivity index (χ2v) is 4.42. The van der Waals surface area contributed by atoms with Gasteiger partial charge in [0.1, 0.15) is 0 Å². The van der Waals surface area contributed by atoms with Crippen LogP contribution in [0.3, 0.4) is 0 Å². The number of allylic oxidation sites excluding steroid dienone is 1. The lowest BCUT2D eigenvalue weighted by Gasteiger charge is -2.39. The molecule has 2 atom stereocenters. The van der Waals surface area contributed by atoms with Gasteiger partial charge in [0.2, 0.25) is 0 Å². The molecule has 0 aromatic heterocycles. The highest BCUT2D eigenvalue weighted by Gasteiger charge is 2.40. The first-order valence-corrected chi connectivity index (χ1v) is 5.09. The highest BCUT2D eigenvalue weighted by molar-refractivity contribution is 5.93. The van der Waals surface area contributed by atoms with E-state index in [1.807, 2.05) is 6.92 Å². The molecule has 13 heavy (non-hydrogen) atoms. The average Bonchev–Trinajstić information content (AvgIpc) is 2.07. The normalized spacial score (nSPS) is 39.7. The molecule has 0 radical (unpaired) electrons. The lowest BCUT2D eigenvalue weighted by atomic mass is 9.70. The molecule has 1 saturated carbocycles. The summed E-state index contributed by atoms with van der Waals surface area (Å²) >= 11 is 0. The standard InChI is InChI=1S/C11H16O2/c1-8-7-11(13)5-3-2-4-9(11)6-10(8)12/h6,8,13H,2-5,7H2,1H3. The molecular formula is C11H16O2. The lowest BCUT2D eigenvalue weighted by Crippen LogP contribution is -2.40. The molecule has 0 amide bonds. The molecule has 1 N–H and O–H groups in total. The lowest BCUT2D eigenvalue weighted by molar-refractivity contribution is -0.121. The Morgan fingerprint density at radius 1 is 1.54 bits per heavy atom. The minimum atomic E-state index is -0.633. The Labute approximate surface area is 78.6 Å². The number of rotatable bonds is 0. The van der Waals surface area contributed by atoms with Crippen molar-refractivity contribution < 1.29 is 9.90 Å². The number of hydrogen-bond acceptors (Lipinski definition) is 2. The number of ketones is 1. The van der Waals surface area contributed by atoms with Gasteiger partial charge in [-0.3, -0.25) is 4.79 Å². The molecule has 2 aliphatic carbocycles. The van der Waals surface area contributed by atoms with E-state index in [0.717, 1.165) is 31.3 Å². The Morgan fingerprint density at radius 2 is 2.31 bits per heavy atom. The van der Waals surface area contributed by atoms with Gasteiger partial charge in [-0.25, -0.2) is 0 Å². The minimum absolute atomic E-state index is 0.00634. The summed E-state index contributed by atoms with van der Waals surface area (Å²) in [4.78, 5) is 11.4. The molecule has 0 aromatic carbocycles. The van der Waals surface area contributed by atoms with Gasteiger partial charge in [-0.2, -0.15) is 0 Å². The average molecular weight is 180 g/mol. The first-order valence-electron chi connectivity index (χ1n) is 5.09. The van der Waals surface area contributed by atoms with Gasteiger partial charge >= 0.3 is 0 Å². The molecule has 2 unspecified atom stereocenters. The number of carbonyl (C=O) groups is 1. The van der Waals surface area contributed by atoms with Crippen LogP contribution in [-0.2, 0) is 4.79 Å². The second-order valence-electron chi connectivity index (χ2n) is 4.42. The van der Waals surface area contributed by atoms with Crippen molar-refractivity contribution in [3.05, 3.63) is 11.6 Å². The number of aliphatic hydroxyl groups is 1. The SMILES string of the molecule is CC1CC2(O)CCCCC2=CC1=O. The maximum atomic E-state index is 11.4. The van der Waals surface area contributed by atoms with Crippen LogP contribution >= 0.6 is 0 Å². The maximum absolute atomic E-state index is 11.4. The highest BCUT2D eigenvalue weighted by Crippen LogP contribution is 2.40. The number of fused-ring (bicyclic) bond motifs is 1. The molecule has 0 aromatic rings. The van der Waals surface area contributed by atoms with Crippen molar-refractivity contribution in [2.45, 2.75) is 44.6 Å². The molecule has 2 heteroatoms. The molecule has 0 spiro atoms. The van der Waals surface area contributed by atoms with Crippen molar-refractivity contribution in [1.82, 2.24) is 0 Å². The van der Waals surface area contributed by atoms with Crippen molar-refractivity contribution in [3.63, 3.8) is 0 Å². The third kappa shape index (κ3) is 1.44. The van der Waals surface area contributed by atoms with Crippen molar-refractivity contribution >= 4 is 5.78 Å². The predicted molar refractivity (Wildman–Crippen MR) is 50.3 cm³/mol. The summed E-state index contributed by atoms with van der Waals surface area (Å²) in [6.07, 6.45) is 6.29. The summed E-state index contributed by atoms with van der Waals surface area (Å²) in [6, 6.07) is 0. The fourth-order valence-corrected chi connectivity index (χ4v) is 2.49. The van der Waals surface area contributed by atoms with Crippen molar-refractivity contribution in [3.8, 4) is 0 Å². The molecule has 0 aliphatic heterocycles. The Kier molecular flexibility index (Phi) is 2.03. The fourth-order valence-electron chi connectivity index (χ4n) is 2.49. The van der Waals surface area contributed by atoms with E-state index in [1.54, 1.807) is 6.08 Å². The Hall–Kier alpha value is -0.630. The molecule has 1 fully saturated rings. The first-order chi connectivity index (χ1) is 6.12. The van der Waals surface area contributed by atoms with Crippen LogP contribution in [0.4, 0.5) is 0 Å². The third-order valence-corrected chi connectivity index (χ3v) is 3.33. The van der Waals surface area contributed by atoms with Crippen LogP contribution in [-0.4, -0.2) is 16.5 Å². The number of carbonyl (C=O) groups excluding carboxylic acids is 1. The summed E-state index contributed by atoms with van der Waals surface area (Å²) in [6.45, 7) is 1.90. The topological polar surface area (TPSA) is 37.3 Å². The molecule has 0 bridgehead atoms. The van der Waals surface area contributed by atoms with Gasteiger partial charge in [0.05, 0.1) is 5.60 Å². The van der Waals surface area contributed by atoms with Gasteiger partial charge in [-0.15, -0.1) is 0 Å². The van der Waals surface area contributed by atoms with E-state index in [1.165, 1.54) is 0 Å². The monoisotopic (exact) mass is 180 g/mol. The van der Waals surface area contributed by atoms with Crippen LogP contribution < -0.4 is 0 Å². The summed E-state index contributed by atoms with van der Waals surface area (Å²) in [7, 11) is 0. The summed E-state index contributed by atoms with van der Waals surface area (Å²) in [5.41, 5.74) is 0.354. The van der Waals surface area contributed by atoms with Crippen LogP contribution in [0, 0.1) is 5.92 Å². The van der Waals surface area contributed by atoms with Crippen molar-refractivity contribution in [2.24, 2.45) is 5.92 Å². The Bertz CT molecular complexity index is 267. The highest BCUT2D eigenvalue weighted by atomic mass is 16.3. The largest absolute Gasteiger partial charge is 0.385 e. The van der Waals surface area contributed by atoms with E-state index in [9.17, 15) is 9.90 Å². The van der Waals surface area contributed by atoms with Gasteiger partial charge in [0, 0.05) is 5.92 Å².